The van der Waals surface area contributed by atoms with Crippen molar-refractivity contribution in [3.05, 3.63) is 114 Å². The van der Waals surface area contributed by atoms with Crippen LogP contribution in [0.2, 0.25) is 0 Å². The minimum absolute atomic E-state index is 0.0174. The summed E-state index contributed by atoms with van der Waals surface area (Å²) in [6, 6.07) is 17.1. The average molecular weight is 561 g/mol. The number of hydrogen-bond donors (Lipinski definition) is 3. The summed E-state index contributed by atoms with van der Waals surface area (Å²) in [5, 5.41) is 8.76. The second-order valence-electron chi connectivity index (χ2n) is 9.63. The fourth-order valence-electron chi connectivity index (χ4n) is 5.00. The molecule has 206 valence electrons. The van der Waals surface area contributed by atoms with Crippen LogP contribution in [0.3, 0.4) is 0 Å². The third-order valence-corrected chi connectivity index (χ3v) is 8.52. The zero-order valence-corrected chi connectivity index (χ0v) is 22.4. The Morgan fingerprint density at radius 2 is 1.73 bits per heavy atom. The highest BCUT2D eigenvalue weighted by Crippen LogP contribution is 2.39. The monoisotopic (exact) mass is 560 g/mol. The van der Waals surface area contributed by atoms with Gasteiger partial charge in [-0.15, -0.1) is 0 Å². The number of aromatic nitrogens is 2. The first-order valence-electron chi connectivity index (χ1n) is 12.9. The van der Waals surface area contributed by atoms with E-state index < -0.39 is 22.5 Å². The molecule has 1 unspecified atom stereocenters. The van der Waals surface area contributed by atoms with Crippen molar-refractivity contribution in [1.82, 2.24) is 19.6 Å². The number of aliphatic carboxylic acids is 1. The Kier molecular flexibility index (Phi) is 8.20. The van der Waals surface area contributed by atoms with Gasteiger partial charge in [0.15, 0.2) is 0 Å². The topological polar surface area (TPSA) is 115 Å². The zero-order chi connectivity index (χ0) is 28.1. The summed E-state index contributed by atoms with van der Waals surface area (Å²) >= 11 is 0. The van der Waals surface area contributed by atoms with E-state index in [1.165, 1.54) is 29.8 Å². The van der Waals surface area contributed by atoms with Crippen LogP contribution in [0.5, 0.6) is 0 Å². The lowest BCUT2D eigenvalue weighted by molar-refractivity contribution is -0.135. The minimum Gasteiger partial charge on any atom is -0.480 e. The molecule has 0 aliphatic carbocycles. The van der Waals surface area contributed by atoms with Crippen LogP contribution in [-0.4, -0.2) is 54.0 Å². The molecule has 0 radical (unpaired) electrons. The van der Waals surface area contributed by atoms with Gasteiger partial charge in [0.05, 0.1) is 4.90 Å². The summed E-state index contributed by atoms with van der Waals surface area (Å²) in [7, 11) is -3.89. The van der Waals surface area contributed by atoms with E-state index in [9.17, 15) is 17.6 Å². The molecule has 2 aromatic carbocycles. The molecule has 2 aromatic heterocycles. The first-order valence-corrected chi connectivity index (χ1v) is 14.3. The normalized spacial score (nSPS) is 16.0. The number of sulfonamides is 1. The molecule has 1 aliphatic heterocycles. The molecular weight excluding hydrogens is 531 g/mol. The molecule has 0 saturated carbocycles. The molecule has 40 heavy (non-hydrogen) atoms. The Morgan fingerprint density at radius 3 is 2.42 bits per heavy atom. The Labute approximate surface area is 232 Å². The number of nitrogens with one attached hydrogen (secondary N) is 2. The maximum Gasteiger partial charge on any atom is 0.318 e. The lowest BCUT2D eigenvalue weighted by Crippen LogP contribution is -2.34. The van der Waals surface area contributed by atoms with E-state index in [0.29, 0.717) is 19.5 Å². The van der Waals surface area contributed by atoms with E-state index in [-0.39, 0.29) is 16.8 Å². The summed E-state index contributed by atoms with van der Waals surface area (Å²) in [5.41, 5.74) is 6.51. The van der Waals surface area contributed by atoms with E-state index in [1.807, 2.05) is 36.7 Å². The summed E-state index contributed by atoms with van der Waals surface area (Å²) in [6.45, 7) is 0.732. The van der Waals surface area contributed by atoms with Gasteiger partial charge in [-0.2, -0.15) is 4.72 Å². The maximum absolute atomic E-state index is 13.8. The molecule has 0 fully saturated rings. The fraction of sp³-hybridized carbons (Fsp3) is 0.200. The smallest absolute Gasteiger partial charge is 0.318 e. The van der Waals surface area contributed by atoms with Gasteiger partial charge in [-0.1, -0.05) is 30.3 Å². The van der Waals surface area contributed by atoms with Gasteiger partial charge < -0.3 is 10.1 Å². The lowest BCUT2D eigenvalue weighted by Gasteiger charge is -2.36. The average Bonchev–Trinajstić information content (AvgIpc) is 3.46. The number of aromatic amines is 1. The Hall–Kier alpha value is -4.12. The quantitative estimate of drug-likeness (QED) is 0.260. The first-order chi connectivity index (χ1) is 19.3. The van der Waals surface area contributed by atoms with Crippen molar-refractivity contribution in [2.24, 2.45) is 0 Å². The van der Waals surface area contributed by atoms with Crippen LogP contribution in [0.15, 0.2) is 96.4 Å². The third-order valence-electron chi connectivity index (χ3n) is 7.10. The van der Waals surface area contributed by atoms with E-state index in [0.717, 1.165) is 34.2 Å². The van der Waals surface area contributed by atoms with Crippen LogP contribution < -0.4 is 4.72 Å². The minimum atomic E-state index is -3.89. The van der Waals surface area contributed by atoms with E-state index in [1.54, 1.807) is 24.5 Å². The second-order valence-corrected chi connectivity index (χ2v) is 11.4. The largest absolute Gasteiger partial charge is 0.480 e. The number of H-pyrrole nitrogens is 1. The molecule has 1 atom stereocenters. The van der Waals surface area contributed by atoms with Crippen molar-refractivity contribution in [3.8, 4) is 11.1 Å². The molecule has 0 bridgehead atoms. The van der Waals surface area contributed by atoms with Crippen molar-refractivity contribution in [2.45, 2.75) is 23.8 Å². The molecule has 3 N–H and O–H groups in total. The number of carboxylic acid groups (broad SMARTS) is 1. The number of carboxylic acids is 1. The van der Waals surface area contributed by atoms with Gasteiger partial charge in [0.25, 0.3) is 0 Å². The van der Waals surface area contributed by atoms with Gasteiger partial charge in [-0.05, 0) is 71.5 Å². The predicted molar refractivity (Wildman–Crippen MR) is 150 cm³/mol. The van der Waals surface area contributed by atoms with E-state index in [2.05, 4.69) is 25.7 Å². The van der Waals surface area contributed by atoms with Crippen LogP contribution in [0.25, 0.3) is 16.7 Å². The van der Waals surface area contributed by atoms with Gasteiger partial charge >= 0.3 is 5.97 Å². The molecule has 4 aromatic rings. The van der Waals surface area contributed by atoms with E-state index in [4.69, 9.17) is 5.11 Å². The van der Waals surface area contributed by atoms with Crippen LogP contribution >= 0.6 is 0 Å². The lowest BCUT2D eigenvalue weighted by atomic mass is 9.88. The van der Waals surface area contributed by atoms with Gasteiger partial charge in [0, 0.05) is 55.0 Å². The number of pyridine rings is 1. The summed E-state index contributed by atoms with van der Waals surface area (Å²) in [5.74, 6) is -1.53. The highest BCUT2D eigenvalue weighted by atomic mass is 32.2. The molecular formula is C30H29FN4O4S. The van der Waals surface area contributed by atoms with Crippen molar-refractivity contribution >= 4 is 21.6 Å². The molecule has 1 aliphatic rings. The number of halogens is 1. The van der Waals surface area contributed by atoms with E-state index >= 15 is 0 Å². The second kappa shape index (κ2) is 12.0. The highest BCUT2D eigenvalue weighted by molar-refractivity contribution is 7.89. The SMILES string of the molecule is O=C(O)CNS(=O)(=O)c1ccc(CCN2CC=C(c3c[nH]cc3-c3ccncc3)CC2c2ccc(F)cc2)cc1. The number of hydrogen-bond acceptors (Lipinski definition) is 5. The fourth-order valence-corrected chi connectivity index (χ4v) is 5.98. The third kappa shape index (κ3) is 6.36. The first kappa shape index (κ1) is 27.4. The molecule has 10 heteroatoms. The molecule has 0 spiro atoms. The van der Waals surface area contributed by atoms with Gasteiger partial charge in [0.2, 0.25) is 10.0 Å². The molecule has 8 nitrogen and oxygen atoms in total. The van der Waals surface area contributed by atoms with Crippen LogP contribution in [0, 0.1) is 5.82 Å². The van der Waals surface area contributed by atoms with Crippen molar-refractivity contribution in [2.75, 3.05) is 19.6 Å². The molecule has 0 saturated heterocycles. The summed E-state index contributed by atoms with van der Waals surface area (Å²) in [4.78, 5) is 20.5. The Balaban J connectivity index is 1.34. The number of rotatable bonds is 10. The highest BCUT2D eigenvalue weighted by Gasteiger charge is 2.27. The summed E-state index contributed by atoms with van der Waals surface area (Å²) < 4.78 is 40.4. The molecule has 0 amide bonds. The molecule has 3 heterocycles. The Bertz CT molecular complexity index is 1600. The van der Waals surface area contributed by atoms with Gasteiger partial charge in [-0.3, -0.25) is 14.7 Å². The van der Waals surface area contributed by atoms with Crippen LogP contribution in [-0.2, 0) is 21.2 Å². The molecule has 5 rings (SSSR count). The number of benzene rings is 2. The maximum atomic E-state index is 13.8. The standard InChI is InChI=1S/C30H29FN4O4S/c31-25-5-3-23(4-6-25)29-17-24(28-19-33-18-27(28)22-9-13-32-14-10-22)12-16-35(29)15-11-21-1-7-26(8-2-21)40(38,39)34-20-30(36)37/h1-10,12-14,18-19,29,33-34H,11,15-17,20H2,(H,36,37). The predicted octanol–water partition coefficient (Wildman–Crippen LogP) is 4.65. The number of carbonyl (C=O) groups is 1. The number of nitrogens with zero attached hydrogens (tertiary/aromatic N) is 2. The van der Waals surface area contributed by atoms with Gasteiger partial charge in [0.1, 0.15) is 12.4 Å². The van der Waals surface area contributed by atoms with Crippen molar-refractivity contribution in [1.29, 1.82) is 0 Å². The summed E-state index contributed by atoms with van der Waals surface area (Å²) in [6.07, 6.45) is 11.2. The zero-order valence-electron chi connectivity index (χ0n) is 21.6. The van der Waals surface area contributed by atoms with Crippen molar-refractivity contribution in [3.63, 3.8) is 0 Å². The van der Waals surface area contributed by atoms with Crippen LogP contribution in [0.1, 0.15) is 29.2 Å². The van der Waals surface area contributed by atoms with Crippen molar-refractivity contribution < 1.29 is 22.7 Å². The van der Waals surface area contributed by atoms with Gasteiger partial charge in [-0.25, -0.2) is 12.8 Å². The van der Waals surface area contributed by atoms with Crippen LogP contribution in [0.4, 0.5) is 4.39 Å². The Morgan fingerprint density at radius 1 is 1.02 bits per heavy atom.